The average molecular weight is 328 g/mol. The lowest BCUT2D eigenvalue weighted by atomic mass is 10.2. The molecule has 22 heavy (non-hydrogen) atoms. The number of nitrogens with zero attached hydrogens (tertiary/aromatic N) is 1. The average Bonchev–Trinajstić information content (AvgIpc) is 2.68. The van der Waals surface area contributed by atoms with Crippen molar-refractivity contribution in [3.8, 4) is 0 Å². The van der Waals surface area contributed by atoms with Gasteiger partial charge in [0.15, 0.2) is 8.24 Å². The molecule has 1 amide bonds. The van der Waals surface area contributed by atoms with E-state index in [1.807, 2.05) is 4.57 Å². The van der Waals surface area contributed by atoms with Crippen molar-refractivity contribution in [2.24, 2.45) is 17.8 Å². The van der Waals surface area contributed by atoms with Crippen LogP contribution in [0.4, 0.5) is 0 Å². The molecule has 1 N–H and O–H groups in total. The number of aliphatic carboxylic acids is 1. The minimum atomic E-state index is -2.14. The van der Waals surface area contributed by atoms with Crippen molar-refractivity contribution in [1.82, 2.24) is 4.57 Å². The molecule has 0 aromatic carbocycles. The van der Waals surface area contributed by atoms with Gasteiger partial charge in [-0.2, -0.15) is 0 Å². The monoisotopic (exact) mass is 327 g/mol. The van der Waals surface area contributed by atoms with Gasteiger partial charge in [-0.1, -0.05) is 41.5 Å². The molecule has 1 rings (SSSR count). The lowest BCUT2D eigenvalue weighted by Crippen LogP contribution is -2.60. The van der Waals surface area contributed by atoms with Crippen molar-refractivity contribution in [2.45, 2.75) is 78.6 Å². The number of amides is 1. The van der Waals surface area contributed by atoms with E-state index in [1.54, 1.807) is 0 Å². The van der Waals surface area contributed by atoms with Crippen LogP contribution < -0.4 is 0 Å². The second kappa shape index (κ2) is 7.62. The molecule has 0 bridgehead atoms. The lowest BCUT2D eigenvalue weighted by molar-refractivity contribution is -0.143. The van der Waals surface area contributed by atoms with Crippen molar-refractivity contribution in [1.29, 1.82) is 0 Å². The maximum absolute atomic E-state index is 12.6. The van der Waals surface area contributed by atoms with Gasteiger partial charge in [0.05, 0.1) is 0 Å². The summed E-state index contributed by atoms with van der Waals surface area (Å²) in [5, 5.41) is 9.60. The standard InChI is InChI=1S/C17H33NO3Si/c1-12(2)9-22(10-13(3)4,11-14(5)6)18-15(17(20)21)7-8-16(18)19/h12-15H,7-11H2,1-6H3,(H,20,21)/t15-/m0/s1. The molecule has 1 fully saturated rings. The van der Waals surface area contributed by atoms with E-state index in [9.17, 15) is 14.7 Å². The summed E-state index contributed by atoms with van der Waals surface area (Å²) in [6.45, 7) is 13.2. The van der Waals surface area contributed by atoms with Crippen LogP contribution in [0.25, 0.3) is 0 Å². The van der Waals surface area contributed by atoms with Crippen LogP contribution in [-0.2, 0) is 9.59 Å². The van der Waals surface area contributed by atoms with E-state index >= 15 is 0 Å². The minimum Gasteiger partial charge on any atom is -0.480 e. The molecule has 0 aromatic heterocycles. The number of rotatable bonds is 8. The summed E-state index contributed by atoms with van der Waals surface area (Å²) in [5.74, 6) is 0.742. The highest BCUT2D eigenvalue weighted by Crippen LogP contribution is 2.39. The molecule has 1 aliphatic rings. The van der Waals surface area contributed by atoms with E-state index in [1.165, 1.54) is 0 Å². The van der Waals surface area contributed by atoms with Crippen LogP contribution in [0.15, 0.2) is 0 Å². The molecule has 0 spiro atoms. The van der Waals surface area contributed by atoms with E-state index in [-0.39, 0.29) is 5.91 Å². The number of hydrogen-bond donors (Lipinski definition) is 1. The smallest absolute Gasteiger partial charge is 0.325 e. The summed E-state index contributed by atoms with van der Waals surface area (Å²) < 4.78 is 1.90. The molecule has 0 saturated carbocycles. The van der Waals surface area contributed by atoms with Crippen LogP contribution >= 0.6 is 0 Å². The Bertz CT molecular complexity index is 380. The zero-order chi connectivity index (χ0) is 17.1. The molecular weight excluding hydrogens is 294 g/mol. The third-order valence-corrected chi connectivity index (χ3v) is 10.7. The Morgan fingerprint density at radius 2 is 1.50 bits per heavy atom. The topological polar surface area (TPSA) is 57.6 Å². The van der Waals surface area contributed by atoms with E-state index in [2.05, 4.69) is 41.5 Å². The van der Waals surface area contributed by atoms with Gasteiger partial charge in [-0.3, -0.25) is 9.59 Å². The largest absolute Gasteiger partial charge is 0.480 e. The third-order valence-electron chi connectivity index (χ3n) is 4.37. The van der Waals surface area contributed by atoms with Gasteiger partial charge < -0.3 is 9.67 Å². The SMILES string of the molecule is CC(C)C[Si](CC(C)C)(CC(C)C)N1C(=O)CC[C@H]1C(=O)O. The Balaban J connectivity index is 3.29. The highest BCUT2D eigenvalue weighted by molar-refractivity contribution is 6.79. The molecule has 0 aliphatic carbocycles. The first kappa shape index (κ1) is 19.2. The van der Waals surface area contributed by atoms with E-state index < -0.39 is 20.2 Å². The second-order valence-electron chi connectivity index (χ2n) is 8.17. The van der Waals surface area contributed by atoms with Crippen molar-refractivity contribution in [3.63, 3.8) is 0 Å². The number of carbonyl (C=O) groups is 2. The predicted octanol–water partition coefficient (Wildman–Crippen LogP) is 3.98. The first-order valence-corrected chi connectivity index (χ1v) is 11.2. The highest BCUT2D eigenvalue weighted by atomic mass is 28.3. The second-order valence-corrected chi connectivity index (χ2v) is 12.3. The molecule has 1 heterocycles. The van der Waals surface area contributed by atoms with Gasteiger partial charge in [0, 0.05) is 6.42 Å². The van der Waals surface area contributed by atoms with Crippen molar-refractivity contribution < 1.29 is 14.7 Å². The maximum Gasteiger partial charge on any atom is 0.325 e. The molecule has 1 aliphatic heterocycles. The summed E-state index contributed by atoms with van der Waals surface area (Å²) in [4.78, 5) is 24.3. The van der Waals surface area contributed by atoms with Gasteiger partial charge >= 0.3 is 5.97 Å². The van der Waals surface area contributed by atoms with Crippen LogP contribution in [0.1, 0.15) is 54.4 Å². The molecule has 0 radical (unpaired) electrons. The molecule has 4 nitrogen and oxygen atoms in total. The number of carboxylic acid groups (broad SMARTS) is 1. The molecule has 1 saturated heterocycles. The summed E-state index contributed by atoms with van der Waals surface area (Å²) in [7, 11) is -2.14. The van der Waals surface area contributed by atoms with Crippen LogP contribution in [-0.4, -0.2) is 35.8 Å². The van der Waals surface area contributed by atoms with Crippen molar-refractivity contribution >= 4 is 20.1 Å². The van der Waals surface area contributed by atoms with Crippen LogP contribution in [0, 0.1) is 17.8 Å². The van der Waals surface area contributed by atoms with Crippen LogP contribution in [0.3, 0.4) is 0 Å². The Morgan fingerprint density at radius 1 is 1.09 bits per heavy atom. The first-order valence-electron chi connectivity index (χ1n) is 8.64. The molecule has 5 heteroatoms. The fourth-order valence-corrected chi connectivity index (χ4v) is 11.5. The molecule has 1 atom stereocenters. The summed E-state index contributed by atoms with van der Waals surface area (Å²) >= 11 is 0. The summed E-state index contributed by atoms with van der Waals surface area (Å²) in [6.07, 6.45) is 0.886. The molecule has 0 unspecified atom stereocenters. The van der Waals surface area contributed by atoms with Crippen LogP contribution in [0.5, 0.6) is 0 Å². The zero-order valence-corrected chi connectivity index (χ0v) is 16.1. The third kappa shape index (κ3) is 4.57. The van der Waals surface area contributed by atoms with Gasteiger partial charge in [-0.05, 0) is 42.3 Å². The zero-order valence-electron chi connectivity index (χ0n) is 15.1. The fourth-order valence-electron chi connectivity index (χ4n) is 4.34. The summed E-state index contributed by atoms with van der Waals surface area (Å²) in [6, 6.07) is 2.45. The first-order chi connectivity index (χ1) is 10.1. The number of carboxylic acids is 1. The Hall–Kier alpha value is -0.843. The molecule has 0 aromatic rings. The van der Waals surface area contributed by atoms with E-state index in [0.717, 1.165) is 18.1 Å². The van der Waals surface area contributed by atoms with Gasteiger partial charge in [0.1, 0.15) is 6.04 Å². The van der Waals surface area contributed by atoms with Gasteiger partial charge in [0.25, 0.3) is 0 Å². The fraction of sp³-hybridized carbons (Fsp3) is 0.882. The van der Waals surface area contributed by atoms with E-state index in [4.69, 9.17) is 0 Å². The molecule has 128 valence electrons. The quantitative estimate of drug-likeness (QED) is 0.686. The Morgan fingerprint density at radius 3 is 1.82 bits per heavy atom. The van der Waals surface area contributed by atoms with Crippen LogP contribution in [0.2, 0.25) is 18.1 Å². The van der Waals surface area contributed by atoms with Gasteiger partial charge in [0.2, 0.25) is 5.91 Å². The number of carbonyl (C=O) groups excluding carboxylic acids is 1. The van der Waals surface area contributed by atoms with E-state index in [0.29, 0.717) is 30.6 Å². The van der Waals surface area contributed by atoms with Crippen molar-refractivity contribution in [3.05, 3.63) is 0 Å². The summed E-state index contributed by atoms with van der Waals surface area (Å²) in [5.41, 5.74) is 0. The Labute approximate surface area is 136 Å². The maximum atomic E-state index is 12.6. The Kier molecular flexibility index (Phi) is 6.65. The lowest BCUT2D eigenvalue weighted by Gasteiger charge is -2.45. The highest BCUT2D eigenvalue weighted by Gasteiger charge is 2.51. The minimum absolute atomic E-state index is 0.0843. The normalized spacial score (nSPS) is 19.8. The van der Waals surface area contributed by atoms with Gasteiger partial charge in [-0.25, -0.2) is 0 Å². The molecular formula is C17H33NO3Si. The van der Waals surface area contributed by atoms with Crippen molar-refractivity contribution in [2.75, 3.05) is 0 Å². The number of hydrogen-bond acceptors (Lipinski definition) is 2. The predicted molar refractivity (Wildman–Crippen MR) is 92.2 cm³/mol. The van der Waals surface area contributed by atoms with Gasteiger partial charge in [-0.15, -0.1) is 0 Å².